The van der Waals surface area contributed by atoms with E-state index in [2.05, 4.69) is 60.0 Å². The molecule has 0 unspecified atom stereocenters. The van der Waals surface area contributed by atoms with Crippen LogP contribution in [0.15, 0.2) is 24.3 Å². The van der Waals surface area contributed by atoms with Crippen LogP contribution in [0.2, 0.25) is 0 Å². The highest BCUT2D eigenvalue weighted by Gasteiger charge is 2.32. The molecule has 0 aromatic heterocycles. The van der Waals surface area contributed by atoms with Crippen LogP contribution >= 0.6 is 0 Å². The van der Waals surface area contributed by atoms with Gasteiger partial charge in [0.1, 0.15) is 0 Å². The number of hydrogen-bond donors (Lipinski definition) is 0. The zero-order chi connectivity index (χ0) is 15.7. The Morgan fingerprint density at radius 1 is 1.14 bits per heavy atom. The standard InChI is InChI=1S/C18H27N3O/c1-14-12-20(3)17-7-5-4-6-16(17)13-21(14)18(22)15-8-10-19(2)11-9-15/h4-7,14-15H,8-13H2,1-3H3/t14-/m0/s1. The van der Waals surface area contributed by atoms with Crippen LogP contribution in [0, 0.1) is 5.92 Å². The molecule has 0 N–H and O–H groups in total. The maximum atomic E-state index is 13.0. The van der Waals surface area contributed by atoms with Crippen LogP contribution in [0.3, 0.4) is 0 Å². The van der Waals surface area contributed by atoms with Gasteiger partial charge in [-0.05, 0) is 51.5 Å². The molecule has 4 heteroatoms. The van der Waals surface area contributed by atoms with Crippen molar-refractivity contribution in [2.24, 2.45) is 5.92 Å². The van der Waals surface area contributed by atoms with E-state index >= 15 is 0 Å². The summed E-state index contributed by atoms with van der Waals surface area (Å²) in [6.07, 6.45) is 1.99. The van der Waals surface area contributed by atoms with Crippen LogP contribution in [-0.4, -0.2) is 55.5 Å². The summed E-state index contributed by atoms with van der Waals surface area (Å²) in [5.74, 6) is 0.555. The minimum absolute atomic E-state index is 0.203. The highest BCUT2D eigenvalue weighted by molar-refractivity contribution is 5.80. The first-order valence-electron chi connectivity index (χ1n) is 8.34. The van der Waals surface area contributed by atoms with E-state index in [4.69, 9.17) is 0 Å². The van der Waals surface area contributed by atoms with E-state index in [0.717, 1.165) is 39.0 Å². The Bertz CT molecular complexity index is 537. The van der Waals surface area contributed by atoms with Crippen molar-refractivity contribution in [2.75, 3.05) is 38.6 Å². The first-order chi connectivity index (χ1) is 10.6. The molecule has 0 saturated carbocycles. The first-order valence-corrected chi connectivity index (χ1v) is 8.34. The molecule has 3 rings (SSSR count). The molecule has 120 valence electrons. The summed E-state index contributed by atoms with van der Waals surface area (Å²) in [5, 5.41) is 0. The van der Waals surface area contributed by atoms with Gasteiger partial charge in [-0.2, -0.15) is 0 Å². The van der Waals surface area contributed by atoms with Crippen LogP contribution in [-0.2, 0) is 11.3 Å². The van der Waals surface area contributed by atoms with E-state index in [0.29, 0.717) is 5.91 Å². The number of benzene rings is 1. The fourth-order valence-electron chi connectivity index (χ4n) is 3.73. The molecule has 2 aliphatic rings. The molecule has 0 bridgehead atoms. The van der Waals surface area contributed by atoms with E-state index in [9.17, 15) is 4.79 Å². The average molecular weight is 301 g/mol. The predicted octanol–water partition coefficient (Wildman–Crippen LogP) is 2.20. The summed E-state index contributed by atoms with van der Waals surface area (Å²) >= 11 is 0. The van der Waals surface area contributed by atoms with Crippen LogP contribution in [0.1, 0.15) is 25.3 Å². The zero-order valence-electron chi connectivity index (χ0n) is 14.0. The number of carbonyl (C=O) groups excluding carboxylic acids is 1. The number of likely N-dealkylation sites (tertiary alicyclic amines) is 1. The topological polar surface area (TPSA) is 26.8 Å². The van der Waals surface area contributed by atoms with E-state index < -0.39 is 0 Å². The Balaban J connectivity index is 1.80. The quantitative estimate of drug-likeness (QED) is 0.795. The van der Waals surface area contributed by atoms with Crippen LogP contribution in [0.5, 0.6) is 0 Å². The smallest absolute Gasteiger partial charge is 0.226 e. The summed E-state index contributed by atoms with van der Waals surface area (Å²) in [6, 6.07) is 8.71. The SMILES string of the molecule is C[C@H]1CN(C)c2ccccc2CN1C(=O)C1CCN(C)CC1. The van der Waals surface area contributed by atoms with Gasteiger partial charge in [0, 0.05) is 37.8 Å². The van der Waals surface area contributed by atoms with Gasteiger partial charge in [0.25, 0.3) is 0 Å². The number of fused-ring (bicyclic) bond motifs is 1. The normalized spacial score (nSPS) is 24.0. The molecule has 1 fully saturated rings. The van der Waals surface area contributed by atoms with Gasteiger partial charge in [-0.15, -0.1) is 0 Å². The molecule has 1 atom stereocenters. The van der Waals surface area contributed by atoms with Gasteiger partial charge in [0.2, 0.25) is 5.91 Å². The van der Waals surface area contributed by atoms with Gasteiger partial charge in [0.05, 0.1) is 0 Å². The second-order valence-electron chi connectivity index (χ2n) is 6.90. The van der Waals surface area contributed by atoms with E-state index in [1.54, 1.807) is 0 Å². The van der Waals surface area contributed by atoms with Gasteiger partial charge < -0.3 is 14.7 Å². The highest BCUT2D eigenvalue weighted by atomic mass is 16.2. The minimum Gasteiger partial charge on any atom is -0.372 e. The van der Waals surface area contributed by atoms with Crippen molar-refractivity contribution in [1.29, 1.82) is 0 Å². The lowest BCUT2D eigenvalue weighted by Crippen LogP contribution is -2.46. The van der Waals surface area contributed by atoms with Crippen LogP contribution in [0.25, 0.3) is 0 Å². The lowest BCUT2D eigenvalue weighted by atomic mass is 9.95. The molecule has 22 heavy (non-hydrogen) atoms. The molecule has 0 spiro atoms. The van der Waals surface area contributed by atoms with Crippen molar-refractivity contribution in [2.45, 2.75) is 32.4 Å². The molecule has 1 saturated heterocycles. The summed E-state index contributed by atoms with van der Waals surface area (Å²) in [5.41, 5.74) is 2.52. The highest BCUT2D eigenvalue weighted by Crippen LogP contribution is 2.28. The fraction of sp³-hybridized carbons (Fsp3) is 0.611. The number of piperidine rings is 1. The largest absolute Gasteiger partial charge is 0.372 e. The number of amides is 1. The number of likely N-dealkylation sites (N-methyl/N-ethyl adjacent to an activating group) is 1. The summed E-state index contributed by atoms with van der Waals surface area (Å²) in [6.45, 7) is 5.89. The molecule has 1 amide bonds. The number of anilines is 1. The lowest BCUT2D eigenvalue weighted by Gasteiger charge is -2.35. The van der Waals surface area contributed by atoms with E-state index in [-0.39, 0.29) is 12.0 Å². The number of para-hydroxylation sites is 1. The summed E-state index contributed by atoms with van der Waals surface area (Å²) in [7, 11) is 4.26. The third-order valence-electron chi connectivity index (χ3n) is 5.16. The number of nitrogens with zero attached hydrogens (tertiary/aromatic N) is 3. The molecule has 4 nitrogen and oxygen atoms in total. The van der Waals surface area contributed by atoms with Crippen molar-refractivity contribution in [1.82, 2.24) is 9.80 Å². The van der Waals surface area contributed by atoms with Crippen molar-refractivity contribution in [3.8, 4) is 0 Å². The third kappa shape index (κ3) is 2.98. The van der Waals surface area contributed by atoms with Gasteiger partial charge in [-0.25, -0.2) is 0 Å². The second kappa shape index (κ2) is 6.29. The lowest BCUT2D eigenvalue weighted by molar-refractivity contribution is -0.139. The van der Waals surface area contributed by atoms with Gasteiger partial charge in [-0.1, -0.05) is 18.2 Å². The Hall–Kier alpha value is -1.55. The molecule has 0 aliphatic carbocycles. The Morgan fingerprint density at radius 3 is 2.55 bits per heavy atom. The molecular formula is C18H27N3O. The third-order valence-corrected chi connectivity index (χ3v) is 5.16. The van der Waals surface area contributed by atoms with Crippen molar-refractivity contribution < 1.29 is 4.79 Å². The molecule has 1 aromatic rings. The Kier molecular flexibility index (Phi) is 4.39. The Labute approximate surface area is 133 Å². The van der Waals surface area contributed by atoms with E-state index in [1.807, 2.05) is 0 Å². The molecule has 1 aromatic carbocycles. The maximum absolute atomic E-state index is 13.0. The van der Waals surface area contributed by atoms with Crippen molar-refractivity contribution >= 4 is 11.6 Å². The zero-order valence-corrected chi connectivity index (χ0v) is 14.0. The molecule has 2 aliphatic heterocycles. The van der Waals surface area contributed by atoms with Crippen LogP contribution in [0.4, 0.5) is 5.69 Å². The Morgan fingerprint density at radius 2 is 1.82 bits per heavy atom. The number of hydrogen-bond acceptors (Lipinski definition) is 3. The average Bonchev–Trinajstić information content (AvgIpc) is 2.64. The summed E-state index contributed by atoms with van der Waals surface area (Å²) in [4.78, 5) is 19.7. The van der Waals surface area contributed by atoms with Crippen LogP contribution < -0.4 is 4.90 Å². The number of carbonyl (C=O) groups is 1. The second-order valence-corrected chi connectivity index (χ2v) is 6.90. The predicted molar refractivity (Wildman–Crippen MR) is 89.9 cm³/mol. The van der Waals surface area contributed by atoms with Crippen molar-refractivity contribution in [3.05, 3.63) is 29.8 Å². The van der Waals surface area contributed by atoms with Gasteiger partial charge in [-0.3, -0.25) is 4.79 Å². The van der Waals surface area contributed by atoms with Gasteiger partial charge >= 0.3 is 0 Å². The molecule has 0 radical (unpaired) electrons. The monoisotopic (exact) mass is 301 g/mol. The van der Waals surface area contributed by atoms with Gasteiger partial charge in [0.15, 0.2) is 0 Å². The minimum atomic E-state index is 0.203. The van der Waals surface area contributed by atoms with Crippen molar-refractivity contribution in [3.63, 3.8) is 0 Å². The first kappa shape index (κ1) is 15.3. The number of rotatable bonds is 1. The molecule has 2 heterocycles. The fourth-order valence-corrected chi connectivity index (χ4v) is 3.73. The summed E-state index contributed by atoms with van der Waals surface area (Å²) < 4.78 is 0. The molecular weight excluding hydrogens is 274 g/mol. The maximum Gasteiger partial charge on any atom is 0.226 e. The van der Waals surface area contributed by atoms with E-state index in [1.165, 1.54) is 11.3 Å².